The van der Waals surface area contributed by atoms with Gasteiger partial charge in [-0.1, -0.05) is 91.0 Å². The standard InChI is InChI=1S/C18H15P.C3H3N3/c1-4-10-16(11-5-1)19(17-12-6-2-7-13-17)18-14-8-3-9-15-18;1-2-4-6-5-3-1/h1-15H;1-3H. The van der Waals surface area contributed by atoms with Crippen LogP contribution in [0, 0.1) is 0 Å². The summed E-state index contributed by atoms with van der Waals surface area (Å²) in [5, 5.41) is 14.3. The molecular formula is C21H18N3P. The molecule has 1 heterocycles. The number of rotatable bonds is 3. The van der Waals surface area contributed by atoms with Crippen LogP contribution in [0.25, 0.3) is 0 Å². The predicted octanol–water partition coefficient (Wildman–Crippen LogP) is 3.32. The molecule has 4 heteroatoms. The van der Waals surface area contributed by atoms with E-state index in [4.69, 9.17) is 0 Å². The minimum absolute atomic E-state index is 0.446. The summed E-state index contributed by atoms with van der Waals surface area (Å²) < 4.78 is 0. The third kappa shape index (κ3) is 5.03. The summed E-state index contributed by atoms with van der Waals surface area (Å²) >= 11 is 0. The molecule has 4 aromatic rings. The molecule has 0 aliphatic carbocycles. The molecule has 0 fully saturated rings. The van der Waals surface area contributed by atoms with Crippen LogP contribution in [0.15, 0.2) is 109 Å². The fraction of sp³-hybridized carbons (Fsp3) is 0. The first-order valence-corrected chi connectivity index (χ1v) is 9.33. The highest BCUT2D eigenvalue weighted by molar-refractivity contribution is 7.79. The van der Waals surface area contributed by atoms with Gasteiger partial charge in [0.15, 0.2) is 0 Å². The van der Waals surface area contributed by atoms with E-state index in [-0.39, 0.29) is 0 Å². The Bertz CT molecular complexity index is 720. The smallest absolute Gasteiger partial charge is 0.0529 e. The average Bonchev–Trinajstić information content (AvgIpc) is 2.72. The summed E-state index contributed by atoms with van der Waals surface area (Å²) in [7, 11) is -0.446. The zero-order valence-corrected chi connectivity index (χ0v) is 14.6. The molecule has 25 heavy (non-hydrogen) atoms. The van der Waals surface area contributed by atoms with E-state index in [2.05, 4.69) is 106 Å². The van der Waals surface area contributed by atoms with Gasteiger partial charge in [0.05, 0.1) is 12.4 Å². The molecular weight excluding hydrogens is 325 g/mol. The Kier molecular flexibility index (Phi) is 6.38. The maximum atomic E-state index is 3.42. The fourth-order valence-electron chi connectivity index (χ4n) is 2.38. The van der Waals surface area contributed by atoms with Crippen LogP contribution in [0.4, 0.5) is 0 Å². The molecule has 0 N–H and O–H groups in total. The number of aromatic nitrogens is 3. The van der Waals surface area contributed by atoms with Gasteiger partial charge in [-0.25, -0.2) is 0 Å². The molecule has 122 valence electrons. The van der Waals surface area contributed by atoms with E-state index < -0.39 is 7.92 Å². The van der Waals surface area contributed by atoms with E-state index in [1.54, 1.807) is 18.5 Å². The van der Waals surface area contributed by atoms with Crippen molar-refractivity contribution < 1.29 is 0 Å². The largest absolute Gasteiger partial charge is 0.139 e. The monoisotopic (exact) mass is 343 g/mol. The van der Waals surface area contributed by atoms with E-state index in [9.17, 15) is 0 Å². The molecule has 0 saturated heterocycles. The van der Waals surface area contributed by atoms with Crippen molar-refractivity contribution in [3.63, 3.8) is 0 Å². The molecule has 0 radical (unpaired) electrons. The Hall–Kier alpha value is -2.90. The minimum Gasteiger partial charge on any atom is -0.139 e. The molecule has 0 aliphatic rings. The zero-order valence-electron chi connectivity index (χ0n) is 13.7. The molecule has 4 rings (SSSR count). The maximum Gasteiger partial charge on any atom is 0.0529 e. The molecule has 0 unspecified atom stereocenters. The Morgan fingerprint density at radius 2 is 0.800 bits per heavy atom. The second kappa shape index (κ2) is 9.41. The van der Waals surface area contributed by atoms with Crippen LogP contribution in [0.5, 0.6) is 0 Å². The van der Waals surface area contributed by atoms with Crippen LogP contribution in [-0.2, 0) is 0 Å². The first kappa shape index (κ1) is 16.9. The summed E-state index contributed by atoms with van der Waals surface area (Å²) in [4.78, 5) is 0. The van der Waals surface area contributed by atoms with Crippen LogP contribution in [0.2, 0.25) is 0 Å². The summed E-state index contributed by atoms with van der Waals surface area (Å²) in [6, 6.07) is 34.0. The minimum atomic E-state index is -0.446. The van der Waals surface area contributed by atoms with E-state index in [1.807, 2.05) is 0 Å². The Balaban J connectivity index is 0.000000258. The van der Waals surface area contributed by atoms with Crippen LogP contribution in [-0.4, -0.2) is 15.4 Å². The van der Waals surface area contributed by atoms with Crippen LogP contribution in [0.3, 0.4) is 0 Å². The zero-order chi connectivity index (χ0) is 17.2. The van der Waals surface area contributed by atoms with Crippen LogP contribution >= 0.6 is 7.92 Å². The lowest BCUT2D eigenvalue weighted by molar-refractivity contribution is 0.865. The van der Waals surface area contributed by atoms with E-state index in [0.29, 0.717) is 0 Å². The second-order valence-electron chi connectivity index (χ2n) is 5.15. The molecule has 0 atom stereocenters. The van der Waals surface area contributed by atoms with Crippen molar-refractivity contribution in [3.05, 3.63) is 109 Å². The van der Waals surface area contributed by atoms with Gasteiger partial charge in [0, 0.05) is 0 Å². The highest BCUT2D eigenvalue weighted by atomic mass is 31.1. The first-order valence-electron chi connectivity index (χ1n) is 7.99. The maximum absolute atomic E-state index is 3.42. The lowest BCUT2D eigenvalue weighted by Crippen LogP contribution is -2.20. The van der Waals surface area contributed by atoms with E-state index in [1.165, 1.54) is 15.9 Å². The lowest BCUT2D eigenvalue weighted by atomic mass is 10.4. The van der Waals surface area contributed by atoms with Crippen molar-refractivity contribution >= 4 is 23.8 Å². The Labute approximate surface area is 149 Å². The first-order chi connectivity index (χ1) is 12.4. The molecule has 3 aromatic carbocycles. The predicted molar refractivity (Wildman–Crippen MR) is 105 cm³/mol. The SMILES string of the molecule is c1ccc(P(c2ccccc2)c2ccccc2)cc1.c1cnnnc1. The molecule has 0 aliphatic heterocycles. The number of hydrogen-bond donors (Lipinski definition) is 0. The molecule has 0 saturated carbocycles. The average molecular weight is 343 g/mol. The van der Waals surface area contributed by atoms with Gasteiger partial charge in [-0.05, 0) is 35.1 Å². The molecule has 0 bridgehead atoms. The van der Waals surface area contributed by atoms with Crippen LogP contribution in [0.1, 0.15) is 0 Å². The quantitative estimate of drug-likeness (QED) is 0.536. The van der Waals surface area contributed by atoms with Gasteiger partial charge in [-0.2, -0.15) is 0 Å². The van der Waals surface area contributed by atoms with Crippen molar-refractivity contribution in [2.24, 2.45) is 0 Å². The van der Waals surface area contributed by atoms with Gasteiger partial charge in [0.2, 0.25) is 0 Å². The normalized spacial score (nSPS) is 9.96. The van der Waals surface area contributed by atoms with Crippen molar-refractivity contribution in [3.8, 4) is 0 Å². The van der Waals surface area contributed by atoms with Gasteiger partial charge in [0.1, 0.15) is 0 Å². The summed E-state index contributed by atoms with van der Waals surface area (Å²) in [5.74, 6) is 0. The molecule has 0 amide bonds. The number of nitrogens with zero attached hydrogens (tertiary/aromatic N) is 3. The highest BCUT2D eigenvalue weighted by Gasteiger charge is 2.14. The third-order valence-corrected chi connectivity index (χ3v) is 5.90. The Morgan fingerprint density at radius 1 is 0.440 bits per heavy atom. The summed E-state index contributed by atoms with van der Waals surface area (Å²) in [5.41, 5.74) is 0. The number of benzene rings is 3. The lowest BCUT2D eigenvalue weighted by Gasteiger charge is -2.18. The molecule has 3 nitrogen and oxygen atoms in total. The molecule has 0 spiro atoms. The van der Waals surface area contributed by atoms with Gasteiger partial charge >= 0.3 is 0 Å². The van der Waals surface area contributed by atoms with Crippen LogP contribution < -0.4 is 15.9 Å². The summed E-state index contributed by atoms with van der Waals surface area (Å²) in [6.07, 6.45) is 3.15. The van der Waals surface area contributed by atoms with E-state index >= 15 is 0 Å². The van der Waals surface area contributed by atoms with Crippen molar-refractivity contribution in [1.29, 1.82) is 0 Å². The highest BCUT2D eigenvalue weighted by Crippen LogP contribution is 2.32. The molecule has 1 aromatic heterocycles. The van der Waals surface area contributed by atoms with Gasteiger partial charge in [-0.15, -0.1) is 10.2 Å². The van der Waals surface area contributed by atoms with Crippen molar-refractivity contribution in [2.75, 3.05) is 0 Å². The Morgan fingerprint density at radius 3 is 1.04 bits per heavy atom. The fourth-order valence-corrected chi connectivity index (χ4v) is 4.69. The van der Waals surface area contributed by atoms with Gasteiger partial charge in [-0.3, -0.25) is 0 Å². The topological polar surface area (TPSA) is 38.7 Å². The van der Waals surface area contributed by atoms with Gasteiger partial charge < -0.3 is 0 Å². The summed E-state index contributed by atoms with van der Waals surface area (Å²) in [6.45, 7) is 0. The van der Waals surface area contributed by atoms with Crippen molar-refractivity contribution in [2.45, 2.75) is 0 Å². The van der Waals surface area contributed by atoms with Gasteiger partial charge in [0.25, 0.3) is 0 Å². The van der Waals surface area contributed by atoms with E-state index in [0.717, 1.165) is 0 Å². The number of hydrogen-bond acceptors (Lipinski definition) is 3. The van der Waals surface area contributed by atoms with Crippen molar-refractivity contribution in [1.82, 2.24) is 15.4 Å². The second-order valence-corrected chi connectivity index (χ2v) is 7.37. The third-order valence-electron chi connectivity index (χ3n) is 3.45.